The van der Waals surface area contributed by atoms with Crippen LogP contribution in [0.15, 0.2) is 26.1 Å². The van der Waals surface area contributed by atoms with Gasteiger partial charge in [-0.3, -0.25) is 20.3 Å². The van der Waals surface area contributed by atoms with E-state index in [0.29, 0.717) is 17.0 Å². The van der Waals surface area contributed by atoms with Crippen LogP contribution in [0.3, 0.4) is 0 Å². The number of carbonyl (C=O) groups is 1. The number of fused-ring (bicyclic) bond motifs is 2. The molecular weight excluding hydrogens is 316 g/mol. The molecule has 124 valence electrons. The van der Waals surface area contributed by atoms with Crippen LogP contribution in [0.4, 0.5) is 5.95 Å². The number of aromatic amines is 1. The number of aromatic nitrogens is 4. The highest BCUT2D eigenvalue weighted by Gasteiger charge is 2.33. The molecule has 1 atom stereocenters. The highest BCUT2D eigenvalue weighted by molar-refractivity contribution is 6.69. The highest BCUT2D eigenvalue weighted by atomic mass is 16.2. The van der Waals surface area contributed by atoms with Crippen molar-refractivity contribution in [3.8, 4) is 0 Å². The smallest absolute Gasteiger partial charge is 0.278 e. The molecule has 0 aromatic carbocycles. The van der Waals surface area contributed by atoms with Gasteiger partial charge in [0.25, 0.3) is 11.5 Å². The number of anilines is 1. The maximum Gasteiger partial charge on any atom is 0.278 e. The van der Waals surface area contributed by atoms with Crippen LogP contribution in [-0.4, -0.2) is 49.1 Å². The van der Waals surface area contributed by atoms with Crippen LogP contribution in [0.1, 0.15) is 6.92 Å². The maximum atomic E-state index is 11.2. The first-order valence-corrected chi connectivity index (χ1v) is 6.75. The number of hydrogen-bond donors (Lipinski definition) is 4. The van der Waals surface area contributed by atoms with Crippen molar-refractivity contribution in [2.45, 2.75) is 12.7 Å². The molecule has 0 spiro atoms. The van der Waals surface area contributed by atoms with Crippen molar-refractivity contribution in [1.82, 2.24) is 24.8 Å². The summed E-state index contributed by atoms with van der Waals surface area (Å²) in [6.07, 6.45) is 2.81. The molecule has 2 aromatic rings. The predicted molar refractivity (Wildman–Crippen MR) is 87.6 cm³/mol. The van der Waals surface area contributed by atoms with Crippen LogP contribution in [-0.2, 0) is 11.8 Å². The third-order valence-corrected chi connectivity index (χ3v) is 3.10. The second-order valence-corrected chi connectivity index (χ2v) is 5.24. The van der Waals surface area contributed by atoms with E-state index in [2.05, 4.69) is 35.2 Å². The van der Waals surface area contributed by atoms with Crippen molar-refractivity contribution in [3.63, 3.8) is 0 Å². The Morgan fingerprint density at radius 3 is 2.83 bits per heavy atom. The lowest BCUT2D eigenvalue weighted by atomic mass is 10.2. The number of nitrogen functional groups attached to an aromatic ring is 1. The maximum absolute atomic E-state index is 11.2. The van der Waals surface area contributed by atoms with E-state index in [-0.39, 0.29) is 23.1 Å². The van der Waals surface area contributed by atoms with Crippen molar-refractivity contribution < 1.29 is 4.79 Å². The van der Waals surface area contributed by atoms with Crippen LogP contribution in [0.2, 0.25) is 0 Å². The van der Waals surface area contributed by atoms with E-state index >= 15 is 0 Å². The lowest BCUT2D eigenvalue weighted by Crippen LogP contribution is -2.58. The molecule has 1 amide bonds. The number of rotatable bonds is 0. The van der Waals surface area contributed by atoms with Gasteiger partial charge in [0.15, 0.2) is 28.5 Å². The average molecular weight is 330 g/mol. The van der Waals surface area contributed by atoms with Gasteiger partial charge >= 0.3 is 0 Å². The number of imidazole rings is 1. The average Bonchev–Trinajstić information content (AvgIpc) is 3.05. The zero-order chi connectivity index (χ0) is 17.5. The van der Waals surface area contributed by atoms with E-state index in [4.69, 9.17) is 11.5 Å². The summed E-state index contributed by atoms with van der Waals surface area (Å²) >= 11 is 0. The van der Waals surface area contributed by atoms with Crippen molar-refractivity contribution in [1.29, 1.82) is 0 Å². The van der Waals surface area contributed by atoms with Gasteiger partial charge in [-0.15, -0.1) is 0 Å². The van der Waals surface area contributed by atoms with E-state index in [9.17, 15) is 9.59 Å². The first-order valence-electron chi connectivity index (χ1n) is 6.75. The molecule has 0 aliphatic carbocycles. The topological polar surface area (TPSA) is 182 Å². The Balaban J connectivity index is 0.000000141. The van der Waals surface area contributed by atoms with Crippen LogP contribution in [0.5, 0.6) is 0 Å². The van der Waals surface area contributed by atoms with Crippen molar-refractivity contribution in [3.05, 3.63) is 16.7 Å². The Morgan fingerprint density at radius 1 is 1.33 bits per heavy atom. The second kappa shape index (κ2) is 5.34. The minimum Gasteiger partial charge on any atom is -0.369 e. The first-order chi connectivity index (χ1) is 11.3. The van der Waals surface area contributed by atoms with E-state index in [1.165, 1.54) is 12.7 Å². The van der Waals surface area contributed by atoms with Crippen LogP contribution in [0, 0.1) is 0 Å². The monoisotopic (exact) mass is 330 g/mol. The Kier molecular flexibility index (Phi) is 3.45. The molecule has 12 heteroatoms. The molecule has 0 saturated heterocycles. The van der Waals surface area contributed by atoms with Gasteiger partial charge in [0.1, 0.15) is 6.34 Å². The van der Waals surface area contributed by atoms with Gasteiger partial charge in [0.05, 0.1) is 6.33 Å². The molecule has 1 unspecified atom stereocenters. The summed E-state index contributed by atoms with van der Waals surface area (Å²) in [7, 11) is 1.72. The summed E-state index contributed by atoms with van der Waals surface area (Å²) in [4.78, 5) is 44.1. The molecule has 4 rings (SSSR count). The zero-order valence-corrected chi connectivity index (χ0v) is 12.8. The molecule has 0 saturated carbocycles. The third-order valence-electron chi connectivity index (χ3n) is 3.10. The standard InChI is InChI=1S/2C6H7N5O/c1-11-2-8-4-3(11)5(12)10-6(7)9-4;1-6(7)10-4-3(5(12)11-6)8-2-9-4/h2H,1H3,(H3,7,9,10,12);2H,7H2,1H3,(H,11,12). The van der Waals surface area contributed by atoms with E-state index in [1.54, 1.807) is 18.5 Å². The summed E-state index contributed by atoms with van der Waals surface area (Å²) in [6.45, 7) is 1.59. The zero-order valence-electron chi connectivity index (χ0n) is 12.8. The highest BCUT2D eigenvalue weighted by Crippen LogP contribution is 2.08. The number of aliphatic imine (C=N–C) groups is 3. The molecule has 6 N–H and O–H groups in total. The van der Waals surface area contributed by atoms with Crippen molar-refractivity contribution in [2.24, 2.45) is 27.8 Å². The van der Waals surface area contributed by atoms with Crippen LogP contribution >= 0.6 is 0 Å². The van der Waals surface area contributed by atoms with Crippen LogP contribution < -0.4 is 22.3 Å². The molecule has 12 nitrogen and oxygen atoms in total. The second-order valence-electron chi connectivity index (χ2n) is 5.24. The summed E-state index contributed by atoms with van der Waals surface area (Å²) in [5, 5.41) is 2.47. The summed E-state index contributed by atoms with van der Waals surface area (Å²) in [5.74, 6) is -0.995. The Morgan fingerprint density at radius 2 is 2.08 bits per heavy atom. The lowest BCUT2D eigenvalue weighted by Gasteiger charge is -2.25. The number of nitrogens with zero attached hydrogens (tertiary/aromatic N) is 6. The molecule has 2 aliphatic rings. The SMILES string of the molecule is CC1(N)N=C2N=CN=C2C(=O)N1.Cn1cnc2nc(N)[nH]c(=O)c21. The van der Waals surface area contributed by atoms with Gasteiger partial charge < -0.3 is 15.6 Å². The van der Waals surface area contributed by atoms with Gasteiger partial charge in [-0.25, -0.2) is 20.0 Å². The molecule has 2 aromatic heterocycles. The molecule has 2 aliphatic heterocycles. The van der Waals surface area contributed by atoms with Gasteiger partial charge in [0, 0.05) is 7.05 Å². The fourth-order valence-electron chi connectivity index (χ4n) is 2.12. The molecule has 24 heavy (non-hydrogen) atoms. The number of carbonyl (C=O) groups excluding carboxylic acids is 1. The number of amides is 1. The number of nitrogens with two attached hydrogens (primary N) is 2. The van der Waals surface area contributed by atoms with E-state index < -0.39 is 5.79 Å². The molecule has 4 heterocycles. The van der Waals surface area contributed by atoms with Gasteiger partial charge in [-0.2, -0.15) is 4.98 Å². The van der Waals surface area contributed by atoms with E-state index in [0.717, 1.165) is 0 Å². The fourth-order valence-corrected chi connectivity index (χ4v) is 2.12. The number of nitrogens with one attached hydrogen (secondary N) is 2. The van der Waals surface area contributed by atoms with Gasteiger partial charge in [-0.05, 0) is 6.92 Å². The van der Waals surface area contributed by atoms with Crippen LogP contribution in [0.25, 0.3) is 11.2 Å². The molecule has 0 radical (unpaired) electrons. The Labute approximate surface area is 134 Å². The fraction of sp³-hybridized carbons (Fsp3) is 0.250. The molecular formula is C12H14N10O2. The summed E-state index contributed by atoms with van der Waals surface area (Å²) < 4.78 is 1.60. The van der Waals surface area contributed by atoms with Gasteiger partial charge in [0.2, 0.25) is 5.95 Å². The van der Waals surface area contributed by atoms with Crippen molar-refractivity contribution in [2.75, 3.05) is 5.73 Å². The van der Waals surface area contributed by atoms with E-state index in [1.807, 2.05) is 0 Å². The Bertz CT molecular complexity index is 977. The number of H-pyrrole nitrogens is 1. The number of aryl methyl sites for hydroxylation is 1. The third kappa shape index (κ3) is 2.77. The summed E-state index contributed by atoms with van der Waals surface area (Å²) in [5.41, 5.74) is 11.7. The summed E-state index contributed by atoms with van der Waals surface area (Å²) in [6, 6.07) is 0. The first kappa shape index (κ1) is 15.5. The van der Waals surface area contributed by atoms with Crippen molar-refractivity contribution >= 4 is 40.9 Å². The molecule has 0 fully saturated rings. The number of hydrogen-bond acceptors (Lipinski definition) is 9. The largest absolute Gasteiger partial charge is 0.369 e. The van der Waals surface area contributed by atoms with Gasteiger partial charge in [-0.1, -0.05) is 0 Å². The minimum atomic E-state index is -1.06. The quantitative estimate of drug-likeness (QED) is 0.427. The minimum absolute atomic E-state index is 0.0891. The number of amidine groups is 1. The predicted octanol–water partition coefficient (Wildman–Crippen LogP) is -2.13. The lowest BCUT2D eigenvalue weighted by molar-refractivity contribution is -0.116. The normalized spacial score (nSPS) is 21.5. The molecule has 0 bridgehead atoms. The Hall–Kier alpha value is -3.41.